The molecule has 0 amide bonds. The number of halogens is 4. The standard InChI is InChI=1S/C21H20F4N4O3S/c22-15-2-1-14(9-16(15)23)33(31,32)29(7-8-30)13-3-5-28(6-4-13)21-12-26-19-10-17(24)18(25)11-20(19)27-21/h1-2,9-13,30H,3-8H2. The smallest absolute Gasteiger partial charge is 0.243 e. The van der Waals surface area contributed by atoms with E-state index in [0.29, 0.717) is 37.8 Å². The van der Waals surface area contributed by atoms with E-state index in [1.54, 1.807) is 0 Å². The van der Waals surface area contributed by atoms with Gasteiger partial charge in [-0.2, -0.15) is 4.31 Å². The number of anilines is 1. The number of fused-ring (bicyclic) bond motifs is 1. The van der Waals surface area contributed by atoms with Crippen molar-refractivity contribution in [1.82, 2.24) is 14.3 Å². The van der Waals surface area contributed by atoms with E-state index in [1.165, 1.54) is 6.20 Å². The molecule has 3 aromatic rings. The van der Waals surface area contributed by atoms with E-state index in [-0.39, 0.29) is 17.6 Å². The summed E-state index contributed by atoms with van der Waals surface area (Å²) in [4.78, 5) is 9.89. The zero-order valence-electron chi connectivity index (χ0n) is 17.3. The SMILES string of the molecule is O=S(=O)(c1ccc(F)c(F)c1)N(CCO)C1CCN(c2cnc3cc(F)c(F)cc3n2)CC1. The predicted molar refractivity (Wildman–Crippen MR) is 112 cm³/mol. The molecule has 0 bridgehead atoms. The van der Waals surface area contributed by atoms with Crippen LogP contribution in [-0.4, -0.2) is 60.1 Å². The largest absolute Gasteiger partial charge is 0.395 e. The summed E-state index contributed by atoms with van der Waals surface area (Å²) < 4.78 is 81.0. The molecule has 0 saturated carbocycles. The van der Waals surface area contributed by atoms with E-state index in [0.717, 1.165) is 28.6 Å². The summed E-state index contributed by atoms with van der Waals surface area (Å²) in [5, 5.41) is 9.42. The van der Waals surface area contributed by atoms with Crippen LogP contribution < -0.4 is 4.90 Å². The minimum Gasteiger partial charge on any atom is -0.395 e. The molecule has 7 nitrogen and oxygen atoms in total. The van der Waals surface area contributed by atoms with Gasteiger partial charge in [0.2, 0.25) is 10.0 Å². The van der Waals surface area contributed by atoms with Gasteiger partial charge >= 0.3 is 0 Å². The van der Waals surface area contributed by atoms with Crippen LogP contribution in [0.25, 0.3) is 11.0 Å². The molecular weight excluding hydrogens is 464 g/mol. The number of hydrogen-bond donors (Lipinski definition) is 1. The Bertz CT molecular complexity index is 1280. The lowest BCUT2D eigenvalue weighted by Gasteiger charge is -2.38. The van der Waals surface area contributed by atoms with E-state index in [1.807, 2.05) is 4.90 Å². The summed E-state index contributed by atoms with van der Waals surface area (Å²) in [6.45, 7) is 0.113. The Kier molecular flexibility index (Phi) is 6.50. The first kappa shape index (κ1) is 23.3. The van der Waals surface area contributed by atoms with Crippen molar-refractivity contribution in [3.8, 4) is 0 Å². The van der Waals surface area contributed by atoms with Gasteiger partial charge in [-0.05, 0) is 31.0 Å². The van der Waals surface area contributed by atoms with E-state index in [2.05, 4.69) is 9.97 Å². The van der Waals surface area contributed by atoms with Crippen LogP contribution in [0.15, 0.2) is 41.4 Å². The van der Waals surface area contributed by atoms with Gasteiger partial charge in [-0.25, -0.2) is 31.0 Å². The van der Waals surface area contributed by atoms with Crippen LogP contribution in [0.1, 0.15) is 12.8 Å². The average Bonchev–Trinajstić information content (AvgIpc) is 2.80. The highest BCUT2D eigenvalue weighted by atomic mass is 32.2. The van der Waals surface area contributed by atoms with Crippen molar-refractivity contribution < 1.29 is 31.1 Å². The van der Waals surface area contributed by atoms with Crippen molar-refractivity contribution in [2.24, 2.45) is 0 Å². The first-order chi connectivity index (χ1) is 15.7. The Balaban J connectivity index is 1.53. The molecule has 1 saturated heterocycles. The van der Waals surface area contributed by atoms with Crippen LogP contribution >= 0.6 is 0 Å². The number of sulfonamides is 1. The van der Waals surface area contributed by atoms with Gasteiger partial charge in [0.05, 0.1) is 28.7 Å². The van der Waals surface area contributed by atoms with Crippen molar-refractivity contribution in [2.75, 3.05) is 31.1 Å². The number of aromatic nitrogens is 2. The van der Waals surface area contributed by atoms with E-state index >= 15 is 0 Å². The van der Waals surface area contributed by atoms with Gasteiger partial charge in [0.15, 0.2) is 23.3 Å². The van der Waals surface area contributed by atoms with Gasteiger partial charge < -0.3 is 10.0 Å². The second kappa shape index (κ2) is 9.20. The fourth-order valence-electron chi connectivity index (χ4n) is 3.90. The Morgan fingerprint density at radius 2 is 1.61 bits per heavy atom. The third kappa shape index (κ3) is 4.63. The summed E-state index contributed by atoms with van der Waals surface area (Å²) >= 11 is 0. The fraction of sp³-hybridized carbons (Fsp3) is 0.333. The number of hydrogen-bond acceptors (Lipinski definition) is 6. The number of rotatable bonds is 6. The minimum atomic E-state index is -4.18. The first-order valence-corrected chi connectivity index (χ1v) is 11.6. The molecule has 0 spiro atoms. The molecule has 12 heteroatoms. The quantitative estimate of drug-likeness (QED) is 0.542. The maximum absolute atomic E-state index is 13.6. The van der Waals surface area contributed by atoms with E-state index < -0.39 is 50.8 Å². The molecule has 4 rings (SSSR count). The van der Waals surface area contributed by atoms with Gasteiger partial charge in [0.1, 0.15) is 5.82 Å². The molecular formula is C21H20F4N4O3S. The van der Waals surface area contributed by atoms with Crippen molar-refractivity contribution in [2.45, 2.75) is 23.8 Å². The lowest BCUT2D eigenvalue weighted by atomic mass is 10.1. The van der Waals surface area contributed by atoms with Crippen LogP contribution in [0.5, 0.6) is 0 Å². The molecule has 1 aromatic heterocycles. The van der Waals surface area contributed by atoms with Gasteiger partial charge in [-0.1, -0.05) is 0 Å². The highest BCUT2D eigenvalue weighted by molar-refractivity contribution is 7.89. The predicted octanol–water partition coefficient (Wildman–Crippen LogP) is 2.84. The zero-order valence-corrected chi connectivity index (χ0v) is 18.1. The van der Waals surface area contributed by atoms with Crippen LogP contribution in [0.2, 0.25) is 0 Å². The number of aliphatic hydroxyl groups is 1. The summed E-state index contributed by atoms with van der Waals surface area (Å²) in [6, 6.07) is 3.78. The highest BCUT2D eigenvalue weighted by Crippen LogP contribution is 2.27. The molecule has 1 aliphatic rings. The normalized spacial score (nSPS) is 15.5. The zero-order chi connectivity index (χ0) is 23.8. The van der Waals surface area contributed by atoms with Crippen LogP contribution in [0.3, 0.4) is 0 Å². The van der Waals surface area contributed by atoms with Crippen LogP contribution in [-0.2, 0) is 10.0 Å². The monoisotopic (exact) mass is 484 g/mol. The molecule has 2 aromatic carbocycles. The molecule has 33 heavy (non-hydrogen) atoms. The molecule has 0 atom stereocenters. The first-order valence-electron chi connectivity index (χ1n) is 10.1. The summed E-state index contributed by atoms with van der Waals surface area (Å²) in [5.41, 5.74) is 0.399. The minimum absolute atomic E-state index is 0.191. The molecule has 0 aliphatic carbocycles. The summed E-state index contributed by atoms with van der Waals surface area (Å²) in [6.07, 6.45) is 2.16. The van der Waals surface area contributed by atoms with Crippen molar-refractivity contribution in [1.29, 1.82) is 0 Å². The molecule has 0 radical (unpaired) electrons. The topological polar surface area (TPSA) is 86.6 Å². The third-order valence-corrected chi connectivity index (χ3v) is 7.53. The van der Waals surface area contributed by atoms with E-state index in [9.17, 15) is 31.1 Å². The third-order valence-electron chi connectivity index (χ3n) is 5.59. The Morgan fingerprint density at radius 3 is 2.24 bits per heavy atom. The molecule has 1 fully saturated rings. The van der Waals surface area contributed by atoms with E-state index in [4.69, 9.17) is 0 Å². The number of nitrogens with zero attached hydrogens (tertiary/aromatic N) is 4. The number of piperidine rings is 1. The summed E-state index contributed by atoms with van der Waals surface area (Å²) in [7, 11) is -4.18. The van der Waals surface area contributed by atoms with Gasteiger partial charge in [0.25, 0.3) is 0 Å². The van der Waals surface area contributed by atoms with Gasteiger partial charge in [-0.15, -0.1) is 0 Å². The summed E-state index contributed by atoms with van der Waals surface area (Å²) in [5.74, 6) is -4.05. The van der Waals surface area contributed by atoms with Crippen LogP contribution in [0, 0.1) is 23.3 Å². The maximum atomic E-state index is 13.6. The maximum Gasteiger partial charge on any atom is 0.243 e. The van der Waals surface area contributed by atoms with Crippen molar-refractivity contribution in [3.63, 3.8) is 0 Å². The molecule has 1 aliphatic heterocycles. The fourth-order valence-corrected chi connectivity index (χ4v) is 5.59. The number of aliphatic hydroxyl groups excluding tert-OH is 1. The molecule has 0 unspecified atom stereocenters. The van der Waals surface area contributed by atoms with Gasteiger partial charge in [-0.3, -0.25) is 4.98 Å². The lowest BCUT2D eigenvalue weighted by Crippen LogP contribution is -2.48. The van der Waals surface area contributed by atoms with Crippen molar-refractivity contribution in [3.05, 3.63) is 59.8 Å². The molecule has 176 valence electrons. The second-order valence-corrected chi connectivity index (χ2v) is 9.51. The Hall–Kier alpha value is -2.83. The van der Waals surface area contributed by atoms with Crippen molar-refractivity contribution >= 4 is 26.9 Å². The second-order valence-electron chi connectivity index (χ2n) is 7.62. The van der Waals surface area contributed by atoms with Crippen LogP contribution in [0.4, 0.5) is 23.4 Å². The molecule has 2 heterocycles. The average molecular weight is 484 g/mol. The molecule has 1 N–H and O–H groups in total. The van der Waals surface area contributed by atoms with Gasteiger partial charge in [0, 0.05) is 37.8 Å². The Morgan fingerprint density at radius 1 is 0.970 bits per heavy atom. The Labute approximate surface area is 187 Å². The highest BCUT2D eigenvalue weighted by Gasteiger charge is 2.34. The number of benzene rings is 2. The lowest BCUT2D eigenvalue weighted by molar-refractivity contribution is 0.208.